The number of benzene rings is 4. The summed E-state index contributed by atoms with van der Waals surface area (Å²) < 4.78 is 7.50. The molecule has 2 saturated heterocycles. The Labute approximate surface area is 369 Å². The van der Waals surface area contributed by atoms with Gasteiger partial charge in [0.05, 0.1) is 28.4 Å². The van der Waals surface area contributed by atoms with Crippen LogP contribution in [0.3, 0.4) is 0 Å². The third-order valence-electron chi connectivity index (χ3n) is 11.6. The molecule has 10 rings (SSSR count). The SMILES string of the molecule is O=c1c2cc(Cl)ccc2n2c(N3CCCCCC3)nnc2n1C/C=C/c1ccccc1.O=c1nc2n(C/C=C/c3ccccc3)nc(N3CCCCCC3)n2c2ccc(Cl)cc12. The number of allylic oxidation sites excluding steroid dienone is 2. The van der Waals surface area contributed by atoms with Crippen molar-refractivity contribution in [1.29, 1.82) is 0 Å². The molecular weight excluding hydrogens is 820 g/mol. The van der Waals surface area contributed by atoms with Gasteiger partial charge in [0.2, 0.25) is 23.5 Å². The molecule has 6 heterocycles. The zero-order chi connectivity index (χ0) is 42.4. The summed E-state index contributed by atoms with van der Waals surface area (Å²) in [6.45, 7) is 4.72. The van der Waals surface area contributed by atoms with Gasteiger partial charge in [0, 0.05) is 42.8 Å². The number of hydrogen-bond acceptors (Lipinski definition) is 8. The van der Waals surface area contributed by atoms with E-state index in [1.165, 1.54) is 25.7 Å². The number of nitrogens with zero attached hydrogens (tertiary/aromatic N) is 10. The van der Waals surface area contributed by atoms with Gasteiger partial charge in [0.1, 0.15) is 0 Å². The third kappa shape index (κ3) is 8.75. The molecule has 14 heteroatoms. The first-order valence-corrected chi connectivity index (χ1v) is 22.3. The van der Waals surface area contributed by atoms with Crippen LogP contribution in [0.25, 0.3) is 45.5 Å². The van der Waals surface area contributed by atoms with E-state index < -0.39 is 0 Å². The van der Waals surface area contributed by atoms with Gasteiger partial charge in [-0.05, 0) is 73.2 Å². The summed E-state index contributed by atoms with van der Waals surface area (Å²) in [6.07, 6.45) is 17.6. The fourth-order valence-corrected chi connectivity index (χ4v) is 8.81. The number of aromatic nitrogens is 8. The van der Waals surface area contributed by atoms with Crippen LogP contribution in [0.2, 0.25) is 10.0 Å². The zero-order valence-electron chi connectivity index (χ0n) is 34.5. The predicted octanol–water partition coefficient (Wildman–Crippen LogP) is 9.58. The lowest BCUT2D eigenvalue weighted by Gasteiger charge is -2.20. The summed E-state index contributed by atoms with van der Waals surface area (Å²) in [5.74, 6) is 2.74. The molecule has 2 fully saturated rings. The molecule has 0 N–H and O–H groups in total. The highest BCUT2D eigenvalue weighted by atomic mass is 35.5. The Morgan fingerprint density at radius 2 is 1.06 bits per heavy atom. The van der Waals surface area contributed by atoms with E-state index in [4.69, 9.17) is 28.3 Å². The maximum absolute atomic E-state index is 13.4. The van der Waals surface area contributed by atoms with Gasteiger partial charge in [-0.15, -0.1) is 15.3 Å². The number of rotatable bonds is 8. The summed E-state index contributed by atoms with van der Waals surface area (Å²) in [5, 5.41) is 16.1. The fraction of sp³-hybridized carbons (Fsp3) is 0.292. The Morgan fingerprint density at radius 3 is 1.66 bits per heavy atom. The number of fused-ring (bicyclic) bond motifs is 6. The number of halogens is 2. The van der Waals surface area contributed by atoms with Crippen LogP contribution in [0.15, 0.2) is 119 Å². The lowest BCUT2D eigenvalue weighted by atomic mass is 10.2. The van der Waals surface area contributed by atoms with Crippen LogP contribution in [-0.2, 0) is 13.1 Å². The molecule has 4 aromatic heterocycles. The summed E-state index contributed by atoms with van der Waals surface area (Å²) in [6, 6.07) is 31.0. The average Bonchev–Trinajstić information content (AvgIpc) is 3.60. The first-order valence-electron chi connectivity index (χ1n) is 21.5. The quantitative estimate of drug-likeness (QED) is 0.149. The fourth-order valence-electron chi connectivity index (χ4n) is 8.47. The van der Waals surface area contributed by atoms with Gasteiger partial charge in [0.25, 0.3) is 11.1 Å². The smallest absolute Gasteiger partial charge is 0.282 e. The first kappa shape index (κ1) is 41.1. The van der Waals surface area contributed by atoms with Crippen LogP contribution in [0.5, 0.6) is 0 Å². The largest absolute Gasteiger partial charge is 0.341 e. The molecule has 12 nitrogen and oxygen atoms in total. The highest BCUT2D eigenvalue weighted by molar-refractivity contribution is 6.31. The van der Waals surface area contributed by atoms with E-state index in [-0.39, 0.29) is 11.1 Å². The van der Waals surface area contributed by atoms with Gasteiger partial charge < -0.3 is 9.80 Å². The molecule has 0 spiro atoms. The summed E-state index contributed by atoms with van der Waals surface area (Å²) in [5.41, 5.74) is 3.39. The first-order chi connectivity index (χ1) is 30.4. The number of hydrogen-bond donors (Lipinski definition) is 0. The van der Waals surface area contributed by atoms with Gasteiger partial charge in [-0.1, -0.05) is 134 Å². The Balaban J connectivity index is 0.000000158. The van der Waals surface area contributed by atoms with Crippen molar-refractivity contribution in [3.05, 3.63) is 151 Å². The van der Waals surface area contributed by atoms with E-state index in [1.54, 1.807) is 16.7 Å². The van der Waals surface area contributed by atoms with Crippen molar-refractivity contribution in [2.75, 3.05) is 36.0 Å². The van der Waals surface area contributed by atoms with Crippen molar-refractivity contribution >= 4 is 80.6 Å². The molecule has 0 amide bonds. The Morgan fingerprint density at radius 1 is 0.548 bits per heavy atom. The minimum Gasteiger partial charge on any atom is -0.341 e. The molecule has 316 valence electrons. The van der Waals surface area contributed by atoms with Crippen LogP contribution < -0.4 is 20.9 Å². The van der Waals surface area contributed by atoms with Crippen LogP contribution in [0, 0.1) is 0 Å². The molecule has 0 radical (unpaired) electrons. The van der Waals surface area contributed by atoms with Crippen molar-refractivity contribution < 1.29 is 0 Å². The molecule has 0 bridgehead atoms. The molecule has 2 aliphatic heterocycles. The zero-order valence-corrected chi connectivity index (χ0v) is 36.0. The van der Waals surface area contributed by atoms with Crippen LogP contribution in [0.4, 0.5) is 11.9 Å². The van der Waals surface area contributed by atoms with E-state index in [0.717, 1.165) is 85.9 Å². The maximum atomic E-state index is 13.4. The molecule has 0 aliphatic carbocycles. The molecule has 0 saturated carbocycles. The van der Waals surface area contributed by atoms with E-state index in [9.17, 15) is 9.59 Å². The second-order valence-electron chi connectivity index (χ2n) is 15.8. The average molecular weight is 868 g/mol. The molecule has 2 aliphatic rings. The number of anilines is 2. The van der Waals surface area contributed by atoms with Gasteiger partial charge in [0.15, 0.2) is 0 Å². The van der Waals surface area contributed by atoms with Crippen molar-refractivity contribution in [2.45, 2.75) is 64.5 Å². The standard InChI is InChI=1S/2C24H24ClN5O/c25-19-12-13-21-20(17-19)22(31)29(16-8-11-18-9-4-3-5-10-18)24-27-26-23(30(21)24)28-14-6-1-2-7-15-28;25-19-12-13-21-20(17-19)22(31)26-23-29(16-8-11-18-9-4-3-5-10-18)27-24(30(21)23)28-14-6-1-2-7-15-28/h2*3-5,8-13,17H,1-2,6-7,14-16H2/b2*11-8+. The highest BCUT2D eigenvalue weighted by Gasteiger charge is 2.23. The maximum Gasteiger partial charge on any atom is 0.282 e. The summed E-state index contributed by atoms with van der Waals surface area (Å²) in [4.78, 5) is 35.1. The topological polar surface area (TPSA) is 111 Å². The second-order valence-corrected chi connectivity index (χ2v) is 16.7. The second kappa shape index (κ2) is 18.8. The van der Waals surface area contributed by atoms with Crippen LogP contribution in [-0.4, -0.2) is 64.5 Å². The van der Waals surface area contributed by atoms with Crippen molar-refractivity contribution in [2.24, 2.45) is 0 Å². The van der Waals surface area contributed by atoms with E-state index in [0.29, 0.717) is 45.5 Å². The van der Waals surface area contributed by atoms with Gasteiger partial charge in [-0.25, -0.2) is 13.5 Å². The lowest BCUT2D eigenvalue weighted by Crippen LogP contribution is -2.28. The van der Waals surface area contributed by atoms with Crippen LogP contribution in [0.1, 0.15) is 62.5 Å². The Bertz CT molecular complexity index is 3000. The normalized spacial score (nSPS) is 15.2. The Kier molecular flexibility index (Phi) is 12.5. The summed E-state index contributed by atoms with van der Waals surface area (Å²) in [7, 11) is 0. The Hall–Kier alpha value is -6.24. The molecule has 4 aromatic carbocycles. The summed E-state index contributed by atoms with van der Waals surface area (Å²) >= 11 is 12.4. The van der Waals surface area contributed by atoms with Gasteiger partial charge in [-0.2, -0.15) is 4.98 Å². The lowest BCUT2D eigenvalue weighted by molar-refractivity contribution is 0.697. The minimum atomic E-state index is -0.284. The van der Waals surface area contributed by atoms with Gasteiger partial charge >= 0.3 is 0 Å². The molecule has 0 atom stereocenters. The molecule has 0 unspecified atom stereocenters. The van der Waals surface area contributed by atoms with E-state index >= 15 is 0 Å². The molecular formula is C48H48Cl2N10O2. The third-order valence-corrected chi connectivity index (χ3v) is 12.1. The minimum absolute atomic E-state index is 0.113. The highest BCUT2D eigenvalue weighted by Crippen LogP contribution is 2.27. The van der Waals surface area contributed by atoms with Crippen LogP contribution >= 0.6 is 23.2 Å². The van der Waals surface area contributed by atoms with Crippen molar-refractivity contribution in [1.82, 2.24) is 38.3 Å². The van der Waals surface area contributed by atoms with Gasteiger partial charge in [-0.3, -0.25) is 14.2 Å². The monoisotopic (exact) mass is 866 g/mol. The molecule has 8 aromatic rings. The molecule has 62 heavy (non-hydrogen) atoms. The van der Waals surface area contributed by atoms with Crippen molar-refractivity contribution in [3.8, 4) is 0 Å². The van der Waals surface area contributed by atoms with Crippen molar-refractivity contribution in [3.63, 3.8) is 0 Å². The van der Waals surface area contributed by atoms with E-state index in [2.05, 4.69) is 43.2 Å². The predicted molar refractivity (Wildman–Crippen MR) is 252 cm³/mol. The van der Waals surface area contributed by atoms with E-state index in [1.807, 2.05) is 105 Å².